The van der Waals surface area contributed by atoms with E-state index in [9.17, 15) is 9.90 Å². The molecule has 0 fully saturated rings. The highest BCUT2D eigenvalue weighted by atomic mass is 35.5. The molecule has 0 aliphatic rings. The highest BCUT2D eigenvalue weighted by Gasteiger charge is 2.20. The van der Waals surface area contributed by atoms with E-state index in [1.807, 2.05) is 35.8 Å². The molecule has 0 spiro atoms. The molecule has 0 bridgehead atoms. The Morgan fingerprint density at radius 2 is 1.74 bits per heavy atom. The van der Waals surface area contributed by atoms with E-state index in [1.54, 1.807) is 44.6 Å². The van der Waals surface area contributed by atoms with Crippen LogP contribution >= 0.6 is 23.4 Å². The number of nitrogens with zero attached hydrogens (tertiary/aromatic N) is 3. The molecule has 1 N–H and O–H groups in total. The van der Waals surface area contributed by atoms with Crippen LogP contribution in [0.5, 0.6) is 11.5 Å². The number of hydrogen-bond acceptors (Lipinski definition) is 7. The number of hydrogen-bond donors (Lipinski definition) is 1. The number of furan rings is 1. The number of benzene rings is 2. The number of aliphatic carboxylic acids is 1. The fourth-order valence-corrected chi connectivity index (χ4v) is 4.35. The SMILES string of the molecule is CCn1c(S/C(=C\c2ccc(-c3ccc(Cl)cc3)o2)C(=O)O)nnc1-c1cc(OC)cc(OC)c1. The second-order valence-corrected chi connectivity index (χ2v) is 8.72. The van der Waals surface area contributed by atoms with Crippen molar-refractivity contribution in [1.29, 1.82) is 0 Å². The summed E-state index contributed by atoms with van der Waals surface area (Å²) in [6.07, 6.45) is 1.47. The summed E-state index contributed by atoms with van der Waals surface area (Å²) < 4.78 is 18.4. The first-order chi connectivity index (χ1) is 16.9. The lowest BCUT2D eigenvalue weighted by molar-refractivity contribution is -0.131. The fraction of sp³-hybridized carbons (Fsp3) is 0.160. The smallest absolute Gasteiger partial charge is 0.342 e. The number of ether oxygens (including phenoxy) is 2. The topological polar surface area (TPSA) is 99.6 Å². The molecule has 2 aromatic carbocycles. The second-order valence-electron chi connectivity index (χ2n) is 7.28. The standard InChI is InChI=1S/C25H22ClN3O5S/c1-4-29-23(16-11-19(32-2)13-20(12-16)33-3)27-28-25(29)35-22(24(30)31)14-18-9-10-21(34-18)15-5-7-17(26)8-6-15/h5-14H,4H2,1-3H3,(H,30,31)/b22-14-. The zero-order chi connectivity index (χ0) is 24.9. The molecular formula is C25H22ClN3O5S. The number of aromatic nitrogens is 3. The van der Waals surface area contributed by atoms with Crippen LogP contribution in [-0.2, 0) is 11.3 Å². The number of halogens is 1. The van der Waals surface area contributed by atoms with Crippen molar-refractivity contribution in [2.24, 2.45) is 0 Å². The molecule has 2 aromatic heterocycles. The highest BCUT2D eigenvalue weighted by molar-refractivity contribution is 8.04. The predicted molar refractivity (Wildman–Crippen MR) is 135 cm³/mol. The zero-order valence-electron chi connectivity index (χ0n) is 19.2. The summed E-state index contributed by atoms with van der Waals surface area (Å²) in [4.78, 5) is 12.1. The summed E-state index contributed by atoms with van der Waals surface area (Å²) in [5.74, 6) is 1.70. The summed E-state index contributed by atoms with van der Waals surface area (Å²) in [6, 6.07) is 16.1. The highest BCUT2D eigenvalue weighted by Crippen LogP contribution is 2.34. The monoisotopic (exact) mass is 511 g/mol. The summed E-state index contributed by atoms with van der Waals surface area (Å²) in [7, 11) is 3.14. The second kappa shape index (κ2) is 10.7. The van der Waals surface area contributed by atoms with E-state index in [0.717, 1.165) is 22.9 Å². The van der Waals surface area contributed by atoms with Crippen LogP contribution in [0.25, 0.3) is 28.8 Å². The van der Waals surface area contributed by atoms with Gasteiger partial charge < -0.3 is 23.6 Å². The van der Waals surface area contributed by atoms with Crippen LogP contribution in [0.15, 0.2) is 69.1 Å². The van der Waals surface area contributed by atoms with Crippen molar-refractivity contribution in [3.05, 3.63) is 70.3 Å². The molecule has 0 aliphatic carbocycles. The quantitative estimate of drug-likeness (QED) is 0.212. The van der Waals surface area contributed by atoms with Gasteiger partial charge >= 0.3 is 5.97 Å². The number of carboxylic acid groups (broad SMARTS) is 1. The summed E-state index contributed by atoms with van der Waals surface area (Å²) in [6.45, 7) is 2.46. The average Bonchev–Trinajstić information content (AvgIpc) is 3.50. The molecule has 35 heavy (non-hydrogen) atoms. The molecule has 0 saturated heterocycles. The van der Waals surface area contributed by atoms with E-state index < -0.39 is 5.97 Å². The van der Waals surface area contributed by atoms with Gasteiger partial charge in [0.05, 0.1) is 14.2 Å². The van der Waals surface area contributed by atoms with Gasteiger partial charge in [0.2, 0.25) is 0 Å². The van der Waals surface area contributed by atoms with E-state index >= 15 is 0 Å². The lowest BCUT2D eigenvalue weighted by atomic mass is 10.2. The minimum atomic E-state index is -1.10. The van der Waals surface area contributed by atoms with Gasteiger partial charge in [0.25, 0.3) is 0 Å². The number of methoxy groups -OCH3 is 2. The van der Waals surface area contributed by atoms with Crippen LogP contribution in [0.1, 0.15) is 12.7 Å². The fourth-order valence-electron chi connectivity index (χ4n) is 3.36. The third kappa shape index (κ3) is 5.52. The predicted octanol–water partition coefficient (Wildman–Crippen LogP) is 6.11. The molecule has 10 heteroatoms. The van der Waals surface area contributed by atoms with Crippen molar-refractivity contribution in [3.63, 3.8) is 0 Å². The van der Waals surface area contributed by atoms with E-state index in [1.165, 1.54) is 6.08 Å². The van der Waals surface area contributed by atoms with Gasteiger partial charge in [-0.2, -0.15) is 0 Å². The van der Waals surface area contributed by atoms with Gasteiger partial charge in [0, 0.05) is 34.8 Å². The molecule has 2 heterocycles. The third-order valence-corrected chi connectivity index (χ3v) is 6.33. The van der Waals surface area contributed by atoms with Gasteiger partial charge in [0.15, 0.2) is 11.0 Å². The normalized spacial score (nSPS) is 11.5. The first-order valence-corrected chi connectivity index (χ1v) is 11.8. The molecule has 8 nitrogen and oxygen atoms in total. The Hall–Kier alpha value is -3.69. The van der Waals surface area contributed by atoms with Crippen LogP contribution in [0.4, 0.5) is 0 Å². The van der Waals surface area contributed by atoms with Crippen molar-refractivity contribution < 1.29 is 23.8 Å². The summed E-state index contributed by atoms with van der Waals surface area (Å²) >= 11 is 6.94. The first kappa shape index (κ1) is 24.4. The van der Waals surface area contributed by atoms with Crippen molar-refractivity contribution in [3.8, 4) is 34.2 Å². The van der Waals surface area contributed by atoms with Gasteiger partial charge in [-0.15, -0.1) is 10.2 Å². The van der Waals surface area contributed by atoms with Gasteiger partial charge in [-0.3, -0.25) is 0 Å². The Labute approximate surface area is 211 Å². The van der Waals surface area contributed by atoms with E-state index in [2.05, 4.69) is 10.2 Å². The molecule has 0 unspecified atom stereocenters. The summed E-state index contributed by atoms with van der Waals surface area (Å²) in [5.41, 5.74) is 1.57. The van der Waals surface area contributed by atoms with Gasteiger partial charge in [-0.1, -0.05) is 11.6 Å². The van der Waals surface area contributed by atoms with Crippen LogP contribution in [0, 0.1) is 0 Å². The van der Waals surface area contributed by atoms with Crippen molar-refractivity contribution >= 4 is 35.4 Å². The van der Waals surface area contributed by atoms with Crippen LogP contribution in [0.2, 0.25) is 5.02 Å². The molecule has 0 radical (unpaired) electrons. The molecule has 0 atom stereocenters. The maximum absolute atomic E-state index is 12.0. The zero-order valence-corrected chi connectivity index (χ0v) is 20.8. The van der Waals surface area contributed by atoms with Crippen molar-refractivity contribution in [2.75, 3.05) is 14.2 Å². The minimum Gasteiger partial charge on any atom is -0.497 e. The van der Waals surface area contributed by atoms with Crippen LogP contribution in [0.3, 0.4) is 0 Å². The average molecular weight is 512 g/mol. The number of carboxylic acids is 1. The Morgan fingerprint density at radius 1 is 1.06 bits per heavy atom. The lowest BCUT2D eigenvalue weighted by Gasteiger charge is -2.10. The number of rotatable bonds is 9. The van der Waals surface area contributed by atoms with E-state index in [0.29, 0.717) is 45.6 Å². The molecule has 0 aliphatic heterocycles. The Kier molecular flexibility index (Phi) is 7.48. The molecule has 4 rings (SSSR count). The van der Waals surface area contributed by atoms with E-state index in [4.69, 9.17) is 25.5 Å². The number of carbonyl (C=O) groups is 1. The lowest BCUT2D eigenvalue weighted by Crippen LogP contribution is -2.03. The molecular weight excluding hydrogens is 490 g/mol. The van der Waals surface area contributed by atoms with Crippen molar-refractivity contribution in [1.82, 2.24) is 14.8 Å². The van der Waals surface area contributed by atoms with Gasteiger partial charge in [-0.05, 0) is 67.2 Å². The third-order valence-electron chi connectivity index (χ3n) is 5.08. The Morgan fingerprint density at radius 3 is 2.34 bits per heavy atom. The summed E-state index contributed by atoms with van der Waals surface area (Å²) in [5, 5.41) is 19.4. The number of thioether (sulfide) groups is 1. The Bertz CT molecular complexity index is 1360. The molecule has 0 amide bonds. The molecule has 4 aromatic rings. The van der Waals surface area contributed by atoms with Crippen LogP contribution < -0.4 is 9.47 Å². The van der Waals surface area contributed by atoms with Crippen molar-refractivity contribution in [2.45, 2.75) is 18.6 Å². The maximum atomic E-state index is 12.0. The first-order valence-electron chi connectivity index (χ1n) is 10.6. The molecule has 180 valence electrons. The van der Waals surface area contributed by atoms with Gasteiger partial charge in [-0.25, -0.2) is 4.79 Å². The largest absolute Gasteiger partial charge is 0.497 e. The van der Waals surface area contributed by atoms with Crippen LogP contribution in [-0.4, -0.2) is 40.1 Å². The maximum Gasteiger partial charge on any atom is 0.342 e. The minimum absolute atomic E-state index is 0.0406. The van der Waals surface area contributed by atoms with Gasteiger partial charge in [0.1, 0.15) is 27.9 Å². The van der Waals surface area contributed by atoms with E-state index in [-0.39, 0.29) is 4.91 Å². The Balaban J connectivity index is 1.65. The molecule has 0 saturated carbocycles.